The Morgan fingerprint density at radius 2 is 1.79 bits per heavy atom. The van der Waals surface area contributed by atoms with Gasteiger partial charge in [-0.25, -0.2) is 0 Å². The van der Waals surface area contributed by atoms with Gasteiger partial charge in [-0.2, -0.15) is 0 Å². The average molecular weight is 383 g/mol. The van der Waals surface area contributed by atoms with Crippen LogP contribution in [0.2, 0.25) is 0 Å². The minimum Gasteiger partial charge on any atom is -0.472 e. The van der Waals surface area contributed by atoms with E-state index >= 15 is 0 Å². The summed E-state index contributed by atoms with van der Waals surface area (Å²) in [7, 11) is 0. The summed E-state index contributed by atoms with van der Waals surface area (Å²) < 4.78 is 5.01. The Bertz CT molecular complexity index is 751. The zero-order valence-electron chi connectivity index (χ0n) is 16.7. The first-order valence-corrected chi connectivity index (χ1v) is 9.92. The lowest BCUT2D eigenvalue weighted by atomic mass is 10.2. The van der Waals surface area contributed by atoms with Crippen molar-refractivity contribution < 1.29 is 14.0 Å². The van der Waals surface area contributed by atoms with Gasteiger partial charge in [-0.3, -0.25) is 14.5 Å². The number of hydrogen-bond donors (Lipinski definition) is 0. The highest BCUT2D eigenvalue weighted by Crippen LogP contribution is 2.12. The zero-order chi connectivity index (χ0) is 19.9. The van der Waals surface area contributed by atoms with E-state index in [-0.39, 0.29) is 17.9 Å². The molecule has 0 radical (unpaired) electrons. The lowest BCUT2D eigenvalue weighted by Crippen LogP contribution is -2.49. The van der Waals surface area contributed by atoms with Crippen molar-refractivity contribution in [2.75, 3.05) is 32.7 Å². The molecule has 2 aromatic rings. The van der Waals surface area contributed by atoms with Gasteiger partial charge in [0.1, 0.15) is 6.26 Å². The molecule has 6 nitrogen and oxygen atoms in total. The van der Waals surface area contributed by atoms with Crippen LogP contribution in [-0.4, -0.2) is 65.3 Å². The van der Waals surface area contributed by atoms with E-state index in [4.69, 9.17) is 4.42 Å². The van der Waals surface area contributed by atoms with E-state index in [0.717, 1.165) is 32.7 Å². The summed E-state index contributed by atoms with van der Waals surface area (Å²) in [5.74, 6) is 0.0224. The smallest absolute Gasteiger partial charge is 0.257 e. The molecular formula is C22H29N3O3. The number of carbonyl (C=O) groups is 2. The fraction of sp³-hybridized carbons (Fsp3) is 0.455. The van der Waals surface area contributed by atoms with Crippen LogP contribution >= 0.6 is 0 Å². The predicted octanol–water partition coefficient (Wildman–Crippen LogP) is 2.86. The summed E-state index contributed by atoms with van der Waals surface area (Å²) in [6, 6.07) is 12.1. The fourth-order valence-corrected chi connectivity index (χ4v) is 3.52. The number of amides is 2. The SMILES string of the molecule is CC(C)N(CCC(=O)N1CCN(Cc2ccccc2)CC1)C(=O)c1ccoc1. The van der Waals surface area contributed by atoms with Crippen LogP contribution in [0.1, 0.15) is 36.2 Å². The van der Waals surface area contributed by atoms with Gasteiger partial charge in [0.2, 0.25) is 5.91 Å². The van der Waals surface area contributed by atoms with Gasteiger partial charge in [-0.15, -0.1) is 0 Å². The molecule has 150 valence electrons. The summed E-state index contributed by atoms with van der Waals surface area (Å²) in [5, 5.41) is 0. The summed E-state index contributed by atoms with van der Waals surface area (Å²) in [6.45, 7) is 8.50. The molecule has 6 heteroatoms. The Morgan fingerprint density at radius 1 is 1.07 bits per heavy atom. The van der Waals surface area contributed by atoms with Crippen molar-refractivity contribution >= 4 is 11.8 Å². The van der Waals surface area contributed by atoms with Crippen LogP contribution in [0.25, 0.3) is 0 Å². The quantitative estimate of drug-likeness (QED) is 0.738. The van der Waals surface area contributed by atoms with Crippen LogP contribution in [-0.2, 0) is 11.3 Å². The number of nitrogens with zero attached hydrogens (tertiary/aromatic N) is 3. The van der Waals surface area contributed by atoms with Gasteiger partial charge in [0.05, 0.1) is 11.8 Å². The van der Waals surface area contributed by atoms with E-state index in [1.807, 2.05) is 24.8 Å². The molecule has 1 aromatic heterocycles. The largest absolute Gasteiger partial charge is 0.472 e. The first kappa shape index (κ1) is 20.1. The number of benzene rings is 1. The van der Waals surface area contributed by atoms with Gasteiger partial charge in [0, 0.05) is 51.7 Å². The third kappa shape index (κ3) is 5.23. The number of piperazine rings is 1. The third-order valence-corrected chi connectivity index (χ3v) is 5.19. The van der Waals surface area contributed by atoms with Crippen LogP contribution in [0.3, 0.4) is 0 Å². The minimum atomic E-state index is -0.0933. The van der Waals surface area contributed by atoms with E-state index < -0.39 is 0 Å². The molecule has 28 heavy (non-hydrogen) atoms. The van der Waals surface area contributed by atoms with Gasteiger partial charge in [0.15, 0.2) is 0 Å². The molecule has 0 atom stereocenters. The van der Waals surface area contributed by atoms with Crippen molar-refractivity contribution in [1.29, 1.82) is 0 Å². The Balaban J connectivity index is 1.46. The molecule has 0 unspecified atom stereocenters. The molecular weight excluding hydrogens is 354 g/mol. The summed E-state index contributed by atoms with van der Waals surface area (Å²) >= 11 is 0. The number of carbonyl (C=O) groups excluding carboxylic acids is 2. The molecule has 1 saturated heterocycles. The standard InChI is InChI=1S/C22H29N3O3/c1-18(2)25(22(27)20-9-15-28-17-20)10-8-21(26)24-13-11-23(12-14-24)16-19-6-4-3-5-7-19/h3-7,9,15,17-18H,8,10-14,16H2,1-2H3. The molecule has 1 aliphatic heterocycles. The average Bonchev–Trinajstić information content (AvgIpc) is 3.24. The van der Waals surface area contributed by atoms with Crippen LogP contribution in [0.4, 0.5) is 0 Å². The Morgan fingerprint density at radius 3 is 2.39 bits per heavy atom. The van der Waals surface area contributed by atoms with E-state index in [2.05, 4.69) is 29.2 Å². The molecule has 0 N–H and O–H groups in total. The number of hydrogen-bond acceptors (Lipinski definition) is 4. The molecule has 1 aliphatic rings. The Labute approximate surface area is 166 Å². The minimum absolute atomic E-state index is 0.0259. The van der Waals surface area contributed by atoms with Crippen molar-refractivity contribution in [2.24, 2.45) is 0 Å². The van der Waals surface area contributed by atoms with Gasteiger partial charge >= 0.3 is 0 Å². The molecule has 0 aliphatic carbocycles. The van der Waals surface area contributed by atoms with E-state index in [1.54, 1.807) is 11.0 Å². The second kappa shape index (κ2) is 9.55. The summed E-state index contributed by atoms with van der Waals surface area (Å²) in [6.07, 6.45) is 3.29. The van der Waals surface area contributed by atoms with Crippen LogP contribution < -0.4 is 0 Å². The van der Waals surface area contributed by atoms with E-state index in [0.29, 0.717) is 18.5 Å². The Hall–Kier alpha value is -2.60. The molecule has 2 amide bonds. The van der Waals surface area contributed by atoms with Gasteiger partial charge in [0.25, 0.3) is 5.91 Å². The maximum atomic E-state index is 12.7. The highest BCUT2D eigenvalue weighted by atomic mass is 16.3. The van der Waals surface area contributed by atoms with Crippen molar-refractivity contribution in [1.82, 2.24) is 14.7 Å². The number of furan rings is 1. The van der Waals surface area contributed by atoms with Crippen LogP contribution in [0, 0.1) is 0 Å². The van der Waals surface area contributed by atoms with Crippen LogP contribution in [0.15, 0.2) is 53.3 Å². The van der Waals surface area contributed by atoms with Crippen LogP contribution in [0.5, 0.6) is 0 Å². The van der Waals surface area contributed by atoms with Gasteiger partial charge in [-0.05, 0) is 25.5 Å². The Kier molecular flexibility index (Phi) is 6.87. The fourth-order valence-electron chi connectivity index (χ4n) is 3.52. The summed E-state index contributed by atoms with van der Waals surface area (Å²) in [5.41, 5.74) is 1.82. The summed E-state index contributed by atoms with van der Waals surface area (Å²) in [4.78, 5) is 31.3. The molecule has 0 bridgehead atoms. The first-order chi connectivity index (χ1) is 13.5. The molecule has 0 spiro atoms. The highest BCUT2D eigenvalue weighted by molar-refractivity contribution is 5.94. The molecule has 2 heterocycles. The second-order valence-electron chi connectivity index (χ2n) is 7.50. The lowest BCUT2D eigenvalue weighted by Gasteiger charge is -2.35. The van der Waals surface area contributed by atoms with Crippen molar-refractivity contribution in [3.8, 4) is 0 Å². The highest BCUT2D eigenvalue weighted by Gasteiger charge is 2.24. The first-order valence-electron chi connectivity index (χ1n) is 9.92. The zero-order valence-corrected chi connectivity index (χ0v) is 16.7. The molecule has 1 aromatic carbocycles. The van der Waals surface area contributed by atoms with Crippen molar-refractivity contribution in [3.63, 3.8) is 0 Å². The second-order valence-corrected chi connectivity index (χ2v) is 7.50. The normalized spacial score (nSPS) is 15.0. The third-order valence-electron chi connectivity index (χ3n) is 5.19. The maximum Gasteiger partial charge on any atom is 0.257 e. The lowest BCUT2D eigenvalue weighted by molar-refractivity contribution is -0.133. The monoisotopic (exact) mass is 383 g/mol. The van der Waals surface area contributed by atoms with Crippen molar-refractivity contribution in [3.05, 3.63) is 60.1 Å². The predicted molar refractivity (Wildman–Crippen MR) is 108 cm³/mol. The number of rotatable bonds is 7. The molecule has 3 rings (SSSR count). The maximum absolute atomic E-state index is 12.7. The van der Waals surface area contributed by atoms with E-state index in [1.165, 1.54) is 18.1 Å². The van der Waals surface area contributed by atoms with E-state index in [9.17, 15) is 9.59 Å². The molecule has 0 saturated carbocycles. The van der Waals surface area contributed by atoms with Gasteiger partial charge in [-0.1, -0.05) is 30.3 Å². The topological polar surface area (TPSA) is 57.0 Å². The molecule has 1 fully saturated rings. The van der Waals surface area contributed by atoms with Crippen molar-refractivity contribution in [2.45, 2.75) is 32.9 Å². The van der Waals surface area contributed by atoms with Gasteiger partial charge < -0.3 is 14.2 Å².